The van der Waals surface area contributed by atoms with E-state index < -0.39 is 10.8 Å². The zero-order valence-electron chi connectivity index (χ0n) is 14.1. The van der Waals surface area contributed by atoms with Crippen LogP contribution in [0.15, 0.2) is 40.1 Å². The second-order valence-electron chi connectivity index (χ2n) is 5.53. The van der Waals surface area contributed by atoms with E-state index in [0.717, 1.165) is 22.4 Å². The summed E-state index contributed by atoms with van der Waals surface area (Å²) in [5, 5.41) is 0.426. The predicted octanol–water partition coefficient (Wildman–Crippen LogP) is 1.90. The number of hydrogen-bond acceptors (Lipinski definition) is 6. The highest BCUT2D eigenvalue weighted by atomic mass is 32.2. The number of hydrogen-bond donors (Lipinski definition) is 1. The molecule has 0 radical (unpaired) electrons. The standard InChI is InChI=1S/C16H20N4O3S/c1-10-8-17-14(20(2)15(10)23-4)9-24(21)16-18-12-6-5-11(22-3)7-13(12)19-16/h5-8,15H,9H2,1-4H3,(H,18,19). The van der Waals surface area contributed by atoms with Gasteiger partial charge in [-0.1, -0.05) is 0 Å². The molecule has 0 saturated heterocycles. The maximum absolute atomic E-state index is 12.7. The van der Waals surface area contributed by atoms with Gasteiger partial charge < -0.3 is 19.4 Å². The maximum atomic E-state index is 12.7. The molecule has 1 N–H and O–H groups in total. The Kier molecular flexibility index (Phi) is 4.68. The van der Waals surface area contributed by atoms with Gasteiger partial charge in [-0.15, -0.1) is 0 Å². The van der Waals surface area contributed by atoms with Crippen LogP contribution in [0.2, 0.25) is 0 Å². The van der Waals surface area contributed by atoms with Gasteiger partial charge in [0.25, 0.3) is 0 Å². The molecule has 0 spiro atoms. The summed E-state index contributed by atoms with van der Waals surface area (Å²) < 4.78 is 23.3. The van der Waals surface area contributed by atoms with E-state index in [2.05, 4.69) is 15.0 Å². The molecule has 2 heterocycles. The first-order valence-corrected chi connectivity index (χ1v) is 8.76. The van der Waals surface area contributed by atoms with Crippen molar-refractivity contribution in [1.29, 1.82) is 0 Å². The van der Waals surface area contributed by atoms with Crippen LogP contribution in [0, 0.1) is 0 Å². The zero-order valence-corrected chi connectivity index (χ0v) is 14.9. The van der Waals surface area contributed by atoms with Crippen LogP contribution in [-0.4, -0.2) is 58.2 Å². The molecule has 0 fully saturated rings. The van der Waals surface area contributed by atoms with E-state index >= 15 is 0 Å². The fourth-order valence-corrected chi connectivity index (χ4v) is 3.71. The van der Waals surface area contributed by atoms with Crippen LogP contribution in [0.1, 0.15) is 6.92 Å². The van der Waals surface area contributed by atoms with Gasteiger partial charge in [-0.05, 0) is 24.6 Å². The van der Waals surface area contributed by atoms with Gasteiger partial charge in [0.2, 0.25) is 0 Å². The number of likely N-dealkylation sites (N-methyl/N-ethyl adjacent to an activating group) is 1. The summed E-state index contributed by atoms with van der Waals surface area (Å²) in [5.41, 5.74) is 2.55. The lowest BCUT2D eigenvalue weighted by molar-refractivity contribution is 0.0465. The third-order valence-corrected chi connectivity index (χ3v) is 5.08. The summed E-state index contributed by atoms with van der Waals surface area (Å²) in [7, 11) is 3.79. The number of methoxy groups -OCH3 is 2. The molecule has 1 aliphatic rings. The quantitative estimate of drug-likeness (QED) is 0.893. The molecule has 2 unspecified atom stereocenters. The van der Waals surface area contributed by atoms with Crippen molar-refractivity contribution in [3.8, 4) is 5.75 Å². The molecular weight excluding hydrogens is 328 g/mol. The molecule has 8 heteroatoms. The number of H-pyrrole nitrogens is 1. The number of nitrogens with zero attached hydrogens (tertiary/aromatic N) is 3. The lowest BCUT2D eigenvalue weighted by Crippen LogP contribution is -2.43. The monoisotopic (exact) mass is 348 g/mol. The largest absolute Gasteiger partial charge is 0.497 e. The number of aromatic nitrogens is 2. The number of imidazole rings is 1. The summed E-state index contributed by atoms with van der Waals surface area (Å²) in [6.45, 7) is 1.95. The number of benzene rings is 1. The van der Waals surface area contributed by atoms with Crippen molar-refractivity contribution in [2.45, 2.75) is 18.3 Å². The molecule has 3 rings (SSSR count). The summed E-state index contributed by atoms with van der Waals surface area (Å²) in [5.74, 6) is 1.68. The van der Waals surface area contributed by atoms with Crippen molar-refractivity contribution in [3.63, 3.8) is 0 Å². The molecule has 2 atom stereocenters. The van der Waals surface area contributed by atoms with Crippen LogP contribution in [0.4, 0.5) is 0 Å². The third kappa shape index (κ3) is 3.07. The number of amidine groups is 1. The fraction of sp³-hybridized carbons (Fsp3) is 0.375. The van der Waals surface area contributed by atoms with Crippen molar-refractivity contribution < 1.29 is 13.7 Å². The average molecular weight is 348 g/mol. The summed E-state index contributed by atoms with van der Waals surface area (Å²) in [4.78, 5) is 13.8. The van der Waals surface area contributed by atoms with Crippen molar-refractivity contribution in [2.75, 3.05) is 27.0 Å². The summed E-state index contributed by atoms with van der Waals surface area (Å²) in [6, 6.07) is 5.49. The Morgan fingerprint density at radius 2 is 2.17 bits per heavy atom. The smallest absolute Gasteiger partial charge is 0.197 e. The maximum Gasteiger partial charge on any atom is 0.197 e. The van der Waals surface area contributed by atoms with Gasteiger partial charge in [0, 0.05) is 26.4 Å². The van der Waals surface area contributed by atoms with Gasteiger partial charge in [-0.25, -0.2) is 9.98 Å². The molecule has 7 nitrogen and oxygen atoms in total. The van der Waals surface area contributed by atoms with Crippen LogP contribution in [0.25, 0.3) is 11.0 Å². The van der Waals surface area contributed by atoms with E-state index in [-0.39, 0.29) is 12.0 Å². The first-order valence-electron chi connectivity index (χ1n) is 7.44. The number of fused-ring (bicyclic) bond motifs is 1. The number of rotatable bonds is 5. The zero-order chi connectivity index (χ0) is 17.3. The molecular formula is C16H20N4O3S. The summed E-state index contributed by atoms with van der Waals surface area (Å²) >= 11 is 0. The lowest BCUT2D eigenvalue weighted by Gasteiger charge is -2.32. The van der Waals surface area contributed by atoms with Crippen LogP contribution in [0.5, 0.6) is 5.75 Å². The third-order valence-electron chi connectivity index (χ3n) is 3.93. The Hall–Kier alpha value is -2.19. The van der Waals surface area contributed by atoms with E-state index in [1.54, 1.807) is 20.4 Å². The first kappa shape index (κ1) is 16.7. The number of nitrogens with one attached hydrogen (secondary N) is 1. The molecule has 1 aromatic carbocycles. The highest BCUT2D eigenvalue weighted by molar-refractivity contribution is 7.85. The van der Waals surface area contributed by atoms with E-state index in [0.29, 0.717) is 11.0 Å². The second kappa shape index (κ2) is 6.74. The van der Waals surface area contributed by atoms with Crippen LogP contribution in [-0.2, 0) is 15.5 Å². The number of aromatic amines is 1. The summed E-state index contributed by atoms with van der Waals surface area (Å²) in [6.07, 6.45) is 1.57. The molecule has 1 aliphatic heterocycles. The van der Waals surface area contributed by atoms with E-state index in [4.69, 9.17) is 9.47 Å². The van der Waals surface area contributed by atoms with Gasteiger partial charge in [0.05, 0.1) is 34.7 Å². The van der Waals surface area contributed by atoms with Crippen molar-refractivity contribution in [2.24, 2.45) is 4.99 Å². The van der Waals surface area contributed by atoms with Crippen molar-refractivity contribution >= 4 is 27.7 Å². The Morgan fingerprint density at radius 1 is 1.38 bits per heavy atom. The topological polar surface area (TPSA) is 79.8 Å². The van der Waals surface area contributed by atoms with Gasteiger partial charge in [-0.3, -0.25) is 4.21 Å². The minimum absolute atomic E-state index is 0.186. The van der Waals surface area contributed by atoms with E-state index in [9.17, 15) is 4.21 Å². The molecule has 0 aliphatic carbocycles. The molecule has 24 heavy (non-hydrogen) atoms. The van der Waals surface area contributed by atoms with Crippen LogP contribution >= 0.6 is 0 Å². The van der Waals surface area contributed by atoms with Crippen LogP contribution in [0.3, 0.4) is 0 Å². The predicted molar refractivity (Wildman–Crippen MR) is 93.7 cm³/mol. The first-order chi connectivity index (χ1) is 11.5. The Bertz CT molecular complexity index is 843. The fourth-order valence-electron chi connectivity index (χ4n) is 2.64. The van der Waals surface area contributed by atoms with E-state index in [1.807, 2.05) is 37.1 Å². The molecule has 128 valence electrons. The van der Waals surface area contributed by atoms with Gasteiger partial charge >= 0.3 is 0 Å². The highest BCUT2D eigenvalue weighted by Gasteiger charge is 2.25. The SMILES string of the molecule is COc1ccc2nc(S(=O)CC3=NC=C(C)C(OC)N3C)[nH]c2c1. The Labute approximate surface area is 142 Å². The molecule has 1 aromatic heterocycles. The Balaban J connectivity index is 1.82. The van der Waals surface area contributed by atoms with Gasteiger partial charge in [-0.2, -0.15) is 0 Å². The van der Waals surface area contributed by atoms with Gasteiger partial charge in [0.1, 0.15) is 11.6 Å². The lowest BCUT2D eigenvalue weighted by atomic mass is 10.2. The average Bonchev–Trinajstić information content (AvgIpc) is 3.01. The van der Waals surface area contributed by atoms with Crippen LogP contribution < -0.4 is 4.74 Å². The molecule has 0 amide bonds. The normalized spacial score (nSPS) is 19.2. The minimum atomic E-state index is -1.34. The Morgan fingerprint density at radius 3 is 2.88 bits per heavy atom. The van der Waals surface area contributed by atoms with Crippen molar-refractivity contribution in [3.05, 3.63) is 30.0 Å². The minimum Gasteiger partial charge on any atom is -0.497 e. The number of ether oxygens (including phenoxy) is 2. The molecule has 2 aromatic rings. The van der Waals surface area contributed by atoms with E-state index in [1.165, 1.54) is 0 Å². The number of aliphatic imine (C=N–C) groups is 1. The van der Waals surface area contributed by atoms with Crippen molar-refractivity contribution in [1.82, 2.24) is 14.9 Å². The molecule has 0 bridgehead atoms. The highest BCUT2D eigenvalue weighted by Crippen LogP contribution is 2.21. The molecule has 0 saturated carbocycles. The second-order valence-corrected chi connectivity index (χ2v) is 6.90. The van der Waals surface area contributed by atoms with Gasteiger partial charge in [0.15, 0.2) is 11.4 Å².